The normalized spacial score (nSPS) is 19.7. The van der Waals surface area contributed by atoms with E-state index in [0.29, 0.717) is 12.6 Å². The molecule has 0 aliphatic carbocycles. The highest BCUT2D eigenvalue weighted by Crippen LogP contribution is 2.33. The molecular weight excluding hydrogens is 232 g/mol. The van der Waals surface area contributed by atoms with Crippen molar-refractivity contribution in [1.82, 2.24) is 10.3 Å². The second kappa shape index (κ2) is 4.47. The number of fused-ring (bicyclic) bond motifs is 1. The Bertz CT molecular complexity index is 498. The van der Waals surface area contributed by atoms with Crippen LogP contribution in [0.3, 0.4) is 0 Å². The van der Waals surface area contributed by atoms with Gasteiger partial charge in [0.2, 0.25) is 0 Å². The quantitative estimate of drug-likeness (QED) is 0.904. The Morgan fingerprint density at radius 3 is 3.18 bits per heavy atom. The maximum atomic E-state index is 5.65. The van der Waals surface area contributed by atoms with Crippen molar-refractivity contribution < 1.29 is 4.74 Å². The lowest BCUT2D eigenvalue weighted by atomic mass is 10.1. The molecular formula is C13H14N2OS. The molecule has 0 spiro atoms. The van der Waals surface area contributed by atoms with Gasteiger partial charge in [-0.05, 0) is 13.0 Å². The highest BCUT2D eigenvalue weighted by molar-refractivity contribution is 7.09. The van der Waals surface area contributed by atoms with Gasteiger partial charge in [0, 0.05) is 22.7 Å². The summed E-state index contributed by atoms with van der Waals surface area (Å²) in [7, 11) is 0. The summed E-state index contributed by atoms with van der Waals surface area (Å²) in [4.78, 5) is 5.37. The lowest BCUT2D eigenvalue weighted by molar-refractivity contribution is 0.301. The number of thiazole rings is 1. The fourth-order valence-corrected chi connectivity index (χ4v) is 2.76. The van der Waals surface area contributed by atoms with Gasteiger partial charge in [-0.3, -0.25) is 10.3 Å². The molecule has 2 heterocycles. The molecule has 4 heteroatoms. The van der Waals surface area contributed by atoms with E-state index in [4.69, 9.17) is 4.74 Å². The molecule has 3 rings (SSSR count). The van der Waals surface area contributed by atoms with Crippen LogP contribution in [0.2, 0.25) is 0 Å². The van der Waals surface area contributed by atoms with Crippen molar-refractivity contribution in [3.05, 3.63) is 46.4 Å². The molecule has 88 valence electrons. The lowest BCUT2D eigenvalue weighted by Gasteiger charge is -2.17. The van der Waals surface area contributed by atoms with Gasteiger partial charge in [0.25, 0.3) is 0 Å². The predicted octanol–water partition coefficient (Wildman–Crippen LogP) is 2.93. The minimum absolute atomic E-state index is 0.281. The maximum absolute atomic E-state index is 5.65. The predicted molar refractivity (Wildman–Crippen MR) is 68.3 cm³/mol. The molecule has 1 aromatic carbocycles. The molecule has 0 radical (unpaired) electrons. The topological polar surface area (TPSA) is 34.1 Å². The zero-order chi connectivity index (χ0) is 11.7. The Kier molecular flexibility index (Phi) is 2.82. The zero-order valence-corrected chi connectivity index (χ0v) is 10.4. The molecule has 1 aliphatic rings. The monoisotopic (exact) mass is 246 g/mol. The molecule has 0 saturated carbocycles. The van der Waals surface area contributed by atoms with E-state index in [1.54, 1.807) is 11.3 Å². The molecule has 0 fully saturated rings. The van der Waals surface area contributed by atoms with Crippen LogP contribution in [0.4, 0.5) is 0 Å². The summed E-state index contributed by atoms with van der Waals surface area (Å²) in [5.41, 5.74) is 3.12. The third kappa shape index (κ3) is 2.06. The van der Waals surface area contributed by atoms with E-state index < -0.39 is 0 Å². The first kappa shape index (κ1) is 10.7. The van der Waals surface area contributed by atoms with Gasteiger partial charge in [-0.2, -0.15) is 0 Å². The van der Waals surface area contributed by atoms with Gasteiger partial charge in [0.1, 0.15) is 12.4 Å². The third-order valence-corrected chi connectivity index (χ3v) is 3.99. The second-order valence-corrected chi connectivity index (χ2v) is 5.11. The summed E-state index contributed by atoms with van der Waals surface area (Å²) in [6.45, 7) is 2.87. The Morgan fingerprint density at radius 1 is 1.47 bits per heavy atom. The molecule has 0 amide bonds. The minimum Gasteiger partial charge on any atom is -0.491 e. The van der Waals surface area contributed by atoms with Crippen LogP contribution < -0.4 is 10.1 Å². The number of nitrogens with zero attached hydrogens (tertiary/aromatic N) is 1. The van der Waals surface area contributed by atoms with Crippen LogP contribution in [0.1, 0.15) is 29.4 Å². The summed E-state index contributed by atoms with van der Waals surface area (Å²) in [5.74, 6) is 1.00. The first-order valence-corrected chi connectivity index (χ1v) is 6.59. The van der Waals surface area contributed by atoms with Crippen molar-refractivity contribution >= 4 is 11.3 Å². The average Bonchev–Trinajstić information content (AvgIpc) is 2.98. The Balaban J connectivity index is 1.75. The zero-order valence-electron chi connectivity index (χ0n) is 9.59. The number of benzene rings is 1. The van der Waals surface area contributed by atoms with Gasteiger partial charge in [-0.25, -0.2) is 0 Å². The van der Waals surface area contributed by atoms with Gasteiger partial charge in [-0.1, -0.05) is 18.2 Å². The van der Waals surface area contributed by atoms with E-state index in [1.165, 1.54) is 10.4 Å². The highest BCUT2D eigenvalue weighted by atomic mass is 32.1. The van der Waals surface area contributed by atoms with Crippen molar-refractivity contribution in [3.8, 4) is 5.75 Å². The molecule has 2 unspecified atom stereocenters. The van der Waals surface area contributed by atoms with E-state index in [0.717, 1.165) is 5.75 Å². The largest absolute Gasteiger partial charge is 0.491 e. The van der Waals surface area contributed by atoms with Gasteiger partial charge in [0.05, 0.1) is 11.6 Å². The molecule has 0 bridgehead atoms. The van der Waals surface area contributed by atoms with E-state index >= 15 is 0 Å². The number of rotatable bonds is 3. The summed E-state index contributed by atoms with van der Waals surface area (Å²) in [5, 5.41) is 3.58. The standard InChI is InChI=1S/C13H14N2OS/c1-9(13-6-14-8-17-13)15-11-7-16-12-5-3-2-4-10(11)12/h2-6,8-9,11,15H,7H2,1H3. The third-order valence-electron chi connectivity index (χ3n) is 3.03. The molecule has 1 N–H and O–H groups in total. The first-order valence-electron chi connectivity index (χ1n) is 5.71. The van der Waals surface area contributed by atoms with Crippen LogP contribution >= 0.6 is 11.3 Å². The molecule has 1 aromatic heterocycles. The number of hydrogen-bond acceptors (Lipinski definition) is 4. The second-order valence-electron chi connectivity index (χ2n) is 4.19. The summed E-state index contributed by atoms with van der Waals surface area (Å²) in [6.07, 6.45) is 1.92. The van der Waals surface area contributed by atoms with Gasteiger partial charge < -0.3 is 4.74 Å². The van der Waals surface area contributed by atoms with E-state index in [-0.39, 0.29) is 6.04 Å². The summed E-state index contributed by atoms with van der Waals surface area (Å²) < 4.78 is 5.65. The fraction of sp³-hybridized carbons (Fsp3) is 0.308. The minimum atomic E-state index is 0.281. The first-order chi connectivity index (χ1) is 8.34. The van der Waals surface area contributed by atoms with Crippen molar-refractivity contribution in [2.24, 2.45) is 0 Å². The van der Waals surface area contributed by atoms with E-state index in [2.05, 4.69) is 29.4 Å². The SMILES string of the molecule is CC(NC1COc2ccccc21)c1cncs1. The van der Waals surface area contributed by atoms with Crippen molar-refractivity contribution in [2.75, 3.05) is 6.61 Å². The van der Waals surface area contributed by atoms with Crippen molar-refractivity contribution in [2.45, 2.75) is 19.0 Å². The van der Waals surface area contributed by atoms with Gasteiger partial charge in [-0.15, -0.1) is 11.3 Å². The number of aromatic nitrogens is 1. The number of hydrogen-bond donors (Lipinski definition) is 1. The Hall–Kier alpha value is -1.39. The smallest absolute Gasteiger partial charge is 0.124 e. The Morgan fingerprint density at radius 2 is 2.35 bits per heavy atom. The summed E-state index contributed by atoms with van der Waals surface area (Å²) in [6, 6.07) is 8.80. The molecule has 1 aliphatic heterocycles. The van der Waals surface area contributed by atoms with Crippen LogP contribution in [0, 0.1) is 0 Å². The van der Waals surface area contributed by atoms with Crippen LogP contribution in [-0.4, -0.2) is 11.6 Å². The molecule has 3 nitrogen and oxygen atoms in total. The molecule has 2 atom stereocenters. The van der Waals surface area contributed by atoms with Crippen LogP contribution in [0.5, 0.6) is 5.75 Å². The number of ether oxygens (including phenoxy) is 1. The summed E-state index contributed by atoms with van der Waals surface area (Å²) >= 11 is 1.68. The van der Waals surface area contributed by atoms with Crippen molar-refractivity contribution in [3.63, 3.8) is 0 Å². The van der Waals surface area contributed by atoms with Crippen molar-refractivity contribution in [1.29, 1.82) is 0 Å². The fourth-order valence-electron chi connectivity index (χ4n) is 2.12. The molecule has 17 heavy (non-hydrogen) atoms. The van der Waals surface area contributed by atoms with Crippen LogP contribution in [-0.2, 0) is 0 Å². The van der Waals surface area contributed by atoms with Gasteiger partial charge in [0.15, 0.2) is 0 Å². The highest BCUT2D eigenvalue weighted by Gasteiger charge is 2.25. The van der Waals surface area contributed by atoms with Crippen LogP contribution in [0.15, 0.2) is 36.0 Å². The number of para-hydroxylation sites is 1. The van der Waals surface area contributed by atoms with Crippen LogP contribution in [0.25, 0.3) is 0 Å². The maximum Gasteiger partial charge on any atom is 0.124 e. The average molecular weight is 246 g/mol. The van der Waals surface area contributed by atoms with Gasteiger partial charge >= 0.3 is 0 Å². The van der Waals surface area contributed by atoms with E-state index in [9.17, 15) is 0 Å². The molecule has 0 saturated heterocycles. The number of nitrogens with one attached hydrogen (secondary N) is 1. The van der Waals surface area contributed by atoms with E-state index in [1.807, 2.05) is 23.8 Å². The lowest BCUT2D eigenvalue weighted by Crippen LogP contribution is -2.25. The Labute approximate surface area is 104 Å². The molecule has 2 aromatic rings.